The minimum atomic E-state index is -1.24. The Balaban J connectivity index is 1.24. The molecule has 0 spiro atoms. The maximum Gasteiger partial charge on any atom is 0.186 e. The van der Waals surface area contributed by atoms with Gasteiger partial charge in [0.25, 0.3) is 0 Å². The average molecular weight is 559 g/mol. The number of fused-ring (bicyclic) bond motifs is 5. The van der Waals surface area contributed by atoms with Gasteiger partial charge in [0.2, 0.25) is 0 Å². The number of hydrogen-bond donors (Lipinski definition) is 3. The molecule has 228 valence electrons. The van der Waals surface area contributed by atoms with Crippen molar-refractivity contribution in [2.75, 3.05) is 0 Å². The van der Waals surface area contributed by atoms with Crippen LogP contribution in [0.5, 0.6) is 0 Å². The first-order valence-electron chi connectivity index (χ1n) is 16.6. The second kappa shape index (κ2) is 11.8. The lowest BCUT2D eigenvalue weighted by Gasteiger charge is -2.58. The predicted molar refractivity (Wildman–Crippen MR) is 159 cm³/mol. The van der Waals surface area contributed by atoms with Crippen LogP contribution in [0.1, 0.15) is 113 Å². The zero-order valence-electron chi connectivity index (χ0n) is 26.3. The fourth-order valence-electron chi connectivity index (χ4n) is 10.4. The molecular formula is C35H58O5. The summed E-state index contributed by atoms with van der Waals surface area (Å²) in [5.74, 6) is 4.69. The lowest BCUT2D eigenvalue weighted by molar-refractivity contribution is -0.305. The number of aliphatic hydroxyl groups excluding tert-OH is 3. The molecule has 1 saturated heterocycles. The van der Waals surface area contributed by atoms with E-state index in [0.717, 1.165) is 48.9 Å². The molecule has 5 nitrogen and oxygen atoms in total. The van der Waals surface area contributed by atoms with Gasteiger partial charge in [-0.15, -0.1) is 0 Å². The first kappa shape index (κ1) is 30.7. The van der Waals surface area contributed by atoms with E-state index in [4.69, 9.17) is 9.47 Å². The summed E-state index contributed by atoms with van der Waals surface area (Å²) < 4.78 is 12.0. The van der Waals surface area contributed by atoms with Crippen LogP contribution in [0.2, 0.25) is 0 Å². The zero-order chi connectivity index (χ0) is 29.0. The third kappa shape index (κ3) is 5.29. The van der Waals surface area contributed by atoms with E-state index >= 15 is 0 Å². The molecule has 0 bridgehead atoms. The van der Waals surface area contributed by atoms with E-state index in [-0.39, 0.29) is 11.5 Å². The Hall–Kier alpha value is -0.720. The van der Waals surface area contributed by atoms with Gasteiger partial charge in [0.1, 0.15) is 18.3 Å². The van der Waals surface area contributed by atoms with Gasteiger partial charge in [-0.05, 0) is 124 Å². The summed E-state index contributed by atoms with van der Waals surface area (Å²) in [5.41, 5.74) is 3.89. The number of ether oxygens (including phenoxy) is 2. The fourth-order valence-corrected chi connectivity index (χ4v) is 10.4. The van der Waals surface area contributed by atoms with Gasteiger partial charge in [-0.3, -0.25) is 0 Å². The second-order valence-electron chi connectivity index (χ2n) is 15.2. The van der Waals surface area contributed by atoms with E-state index in [2.05, 4.69) is 53.7 Å². The normalized spacial score (nSPS) is 48.3. The van der Waals surface area contributed by atoms with E-state index in [1.165, 1.54) is 44.9 Å². The van der Waals surface area contributed by atoms with E-state index < -0.39 is 30.7 Å². The molecule has 1 heterocycles. The Bertz CT molecular complexity index is 957. The van der Waals surface area contributed by atoms with Gasteiger partial charge in [0.05, 0.1) is 12.2 Å². The van der Waals surface area contributed by atoms with Crippen LogP contribution in [0.25, 0.3) is 0 Å². The predicted octanol–water partition coefficient (Wildman–Crippen LogP) is 6.80. The summed E-state index contributed by atoms with van der Waals surface area (Å²) in [6.07, 6.45) is 12.1. The molecule has 4 fully saturated rings. The van der Waals surface area contributed by atoms with E-state index in [9.17, 15) is 15.3 Å². The van der Waals surface area contributed by atoms with Crippen molar-refractivity contribution in [2.45, 2.75) is 149 Å². The van der Waals surface area contributed by atoms with Crippen LogP contribution >= 0.6 is 0 Å². The van der Waals surface area contributed by atoms with Gasteiger partial charge in [0.15, 0.2) is 6.29 Å². The maximum absolute atomic E-state index is 10.5. The van der Waals surface area contributed by atoms with Crippen LogP contribution in [0.4, 0.5) is 0 Å². The largest absolute Gasteiger partial charge is 0.388 e. The highest BCUT2D eigenvalue weighted by Crippen LogP contribution is 2.67. The topological polar surface area (TPSA) is 79.2 Å². The van der Waals surface area contributed by atoms with Crippen molar-refractivity contribution in [1.82, 2.24) is 0 Å². The Kier molecular flexibility index (Phi) is 9.03. The molecule has 0 aromatic rings. The van der Waals surface area contributed by atoms with Crippen LogP contribution in [0, 0.1) is 46.3 Å². The second-order valence-corrected chi connectivity index (χ2v) is 15.2. The number of hydrogen-bond acceptors (Lipinski definition) is 5. The van der Waals surface area contributed by atoms with Crippen LogP contribution < -0.4 is 0 Å². The molecule has 0 amide bonds. The molecule has 40 heavy (non-hydrogen) atoms. The molecule has 0 aromatic heterocycles. The van der Waals surface area contributed by atoms with Crippen LogP contribution in [0.3, 0.4) is 0 Å². The molecule has 4 aliphatic carbocycles. The minimum absolute atomic E-state index is 0.0244. The Morgan fingerprint density at radius 3 is 2.48 bits per heavy atom. The molecule has 1 aliphatic heterocycles. The lowest BCUT2D eigenvalue weighted by Crippen LogP contribution is -2.58. The zero-order valence-corrected chi connectivity index (χ0v) is 26.3. The first-order chi connectivity index (χ1) is 18.9. The maximum atomic E-state index is 10.5. The van der Waals surface area contributed by atoms with Crippen molar-refractivity contribution in [1.29, 1.82) is 0 Å². The average Bonchev–Trinajstić information content (AvgIpc) is 3.28. The Morgan fingerprint density at radius 1 is 1.02 bits per heavy atom. The third-order valence-electron chi connectivity index (χ3n) is 13.0. The van der Waals surface area contributed by atoms with E-state index in [1.54, 1.807) is 18.1 Å². The highest BCUT2D eigenvalue weighted by molar-refractivity contribution is 5.25. The third-order valence-corrected chi connectivity index (χ3v) is 13.0. The number of rotatable bonds is 7. The van der Waals surface area contributed by atoms with Crippen LogP contribution in [-0.2, 0) is 9.47 Å². The molecule has 13 atom stereocenters. The van der Waals surface area contributed by atoms with Gasteiger partial charge >= 0.3 is 0 Å². The highest BCUT2D eigenvalue weighted by atomic mass is 16.7. The Morgan fingerprint density at radius 2 is 1.77 bits per heavy atom. The van der Waals surface area contributed by atoms with Crippen molar-refractivity contribution in [3.05, 3.63) is 23.3 Å². The molecule has 0 unspecified atom stereocenters. The van der Waals surface area contributed by atoms with Crippen LogP contribution in [-0.4, -0.2) is 52.1 Å². The summed E-state index contributed by atoms with van der Waals surface area (Å²) in [6.45, 7) is 16.3. The molecule has 0 radical (unpaired) electrons. The summed E-state index contributed by atoms with van der Waals surface area (Å²) in [5, 5.41) is 30.8. The monoisotopic (exact) mass is 558 g/mol. The van der Waals surface area contributed by atoms with Crippen molar-refractivity contribution >= 4 is 0 Å². The number of aliphatic hydroxyl groups is 3. The molecule has 5 heteroatoms. The fraction of sp³-hybridized carbons (Fsp3) is 0.886. The summed E-state index contributed by atoms with van der Waals surface area (Å²) in [6, 6.07) is 0. The van der Waals surface area contributed by atoms with E-state index in [1.807, 2.05) is 0 Å². The van der Waals surface area contributed by atoms with Crippen molar-refractivity contribution in [3.8, 4) is 0 Å². The van der Waals surface area contributed by atoms with Gasteiger partial charge in [-0.25, -0.2) is 0 Å². The summed E-state index contributed by atoms with van der Waals surface area (Å²) in [7, 11) is 0. The standard InChI is InChI=1S/C35H58O5/c1-8-23(20(2)3)10-9-21(4)27-13-14-28-26-12-11-24-19-25(40-33-32(38)31(37)30(36)22(5)39-33)15-17-34(24,6)29(26)16-18-35(27,28)7/h8,11,20-22,25-33,36-38H,9-10,12-19H2,1-7H3/b23-8+/t21-,22+,25+,26+,27+,28+,29-,30+,31-,32+,33+,34+,35+/m1/s1. The first-order valence-corrected chi connectivity index (χ1v) is 16.6. The molecule has 5 aliphatic rings. The smallest absolute Gasteiger partial charge is 0.186 e. The van der Waals surface area contributed by atoms with Crippen LogP contribution in [0.15, 0.2) is 23.3 Å². The summed E-state index contributed by atoms with van der Waals surface area (Å²) >= 11 is 0. The molecule has 3 N–H and O–H groups in total. The van der Waals surface area contributed by atoms with Gasteiger partial charge in [-0.1, -0.05) is 57.9 Å². The molecule has 5 rings (SSSR count). The van der Waals surface area contributed by atoms with Gasteiger partial charge < -0.3 is 24.8 Å². The van der Waals surface area contributed by atoms with Crippen molar-refractivity contribution < 1.29 is 24.8 Å². The molecule has 0 aromatic carbocycles. The Labute approximate surface area is 243 Å². The minimum Gasteiger partial charge on any atom is -0.388 e. The van der Waals surface area contributed by atoms with Gasteiger partial charge in [-0.2, -0.15) is 0 Å². The van der Waals surface area contributed by atoms with E-state index in [0.29, 0.717) is 11.3 Å². The quantitative estimate of drug-likeness (QED) is 0.300. The van der Waals surface area contributed by atoms with Crippen molar-refractivity contribution in [3.63, 3.8) is 0 Å². The highest BCUT2D eigenvalue weighted by Gasteiger charge is 2.59. The lowest BCUT2D eigenvalue weighted by atomic mass is 9.47. The molecule has 3 saturated carbocycles. The number of allylic oxidation sites excluding steroid dienone is 3. The molecular weight excluding hydrogens is 500 g/mol. The van der Waals surface area contributed by atoms with Gasteiger partial charge in [0, 0.05) is 0 Å². The SMILES string of the molecule is C/C=C(\CC[C@@H](C)[C@@H]1CC[C@H]2[C@@H]3CC=C4C[C@@H](O[C@@H]5O[C@@H](C)[C@H](O)[C@@H](O)[C@@H]5O)CC[C@]4(C)[C@@H]3CC[C@]21C)C(C)C. The van der Waals surface area contributed by atoms with Crippen molar-refractivity contribution in [2.24, 2.45) is 46.3 Å². The summed E-state index contributed by atoms with van der Waals surface area (Å²) in [4.78, 5) is 0.